The van der Waals surface area contributed by atoms with Gasteiger partial charge in [0.25, 0.3) is 10.0 Å². The number of hydrogen-bond donors (Lipinski definition) is 2. The maximum absolute atomic E-state index is 12.8. The minimum absolute atomic E-state index is 0.0801. The summed E-state index contributed by atoms with van der Waals surface area (Å²) in [5, 5.41) is 9.14. The second-order valence-electron chi connectivity index (χ2n) is 6.99. The Morgan fingerprint density at radius 2 is 1.79 bits per heavy atom. The third-order valence-corrected chi connectivity index (χ3v) is 6.37. The monoisotopic (exact) mass is 404 g/mol. The molecule has 28 heavy (non-hydrogen) atoms. The van der Waals surface area contributed by atoms with E-state index in [4.69, 9.17) is 9.84 Å². The number of ether oxygens (including phenoxy) is 1. The van der Waals surface area contributed by atoms with Crippen LogP contribution in [0.2, 0.25) is 0 Å². The highest BCUT2D eigenvalue weighted by atomic mass is 32.2. The van der Waals surface area contributed by atoms with Crippen LogP contribution in [0, 0.1) is 5.92 Å². The first-order chi connectivity index (χ1) is 13.3. The van der Waals surface area contributed by atoms with Crippen molar-refractivity contribution < 1.29 is 23.1 Å². The lowest BCUT2D eigenvalue weighted by molar-refractivity contribution is 0.0696. The fraction of sp³-hybridized carbons (Fsp3) is 0.350. The lowest BCUT2D eigenvalue weighted by Crippen LogP contribution is -2.32. The van der Waals surface area contributed by atoms with Gasteiger partial charge in [0.15, 0.2) is 0 Å². The van der Waals surface area contributed by atoms with Gasteiger partial charge in [0.1, 0.15) is 10.6 Å². The van der Waals surface area contributed by atoms with Crippen LogP contribution in [-0.2, 0) is 10.0 Å². The molecule has 3 rings (SSSR count). The van der Waals surface area contributed by atoms with Gasteiger partial charge in [-0.1, -0.05) is 6.92 Å². The van der Waals surface area contributed by atoms with E-state index >= 15 is 0 Å². The molecular formula is C20H24N2O5S. The number of nitrogens with one attached hydrogen (secondary N) is 1. The quantitative estimate of drug-likeness (QED) is 0.766. The van der Waals surface area contributed by atoms with Crippen molar-refractivity contribution in [2.24, 2.45) is 5.92 Å². The molecule has 2 N–H and O–H groups in total. The first-order valence-electron chi connectivity index (χ1n) is 9.09. The zero-order chi connectivity index (χ0) is 20.3. The lowest BCUT2D eigenvalue weighted by atomic mass is 9.99. The molecule has 1 aliphatic heterocycles. The summed E-state index contributed by atoms with van der Waals surface area (Å²) in [5.74, 6) is -0.394. The molecule has 8 heteroatoms. The molecule has 1 heterocycles. The van der Waals surface area contributed by atoms with E-state index in [0.29, 0.717) is 5.69 Å². The number of anilines is 2. The standard InChI is InChI=1S/C20H24N2O5S/c1-14-9-11-22(12-10-14)17-6-4-16(5-7-17)21-28(25,26)19-13-15(20(23)24)3-8-18(19)27-2/h3-8,13-14,21H,9-12H2,1-2H3,(H,23,24). The molecular weight excluding hydrogens is 380 g/mol. The van der Waals surface area contributed by atoms with Crippen LogP contribution in [0.25, 0.3) is 0 Å². The fourth-order valence-electron chi connectivity index (χ4n) is 3.24. The smallest absolute Gasteiger partial charge is 0.335 e. The molecule has 2 aromatic rings. The minimum Gasteiger partial charge on any atom is -0.495 e. The Hall–Kier alpha value is -2.74. The number of aromatic carboxylic acids is 1. The molecule has 0 spiro atoms. The van der Waals surface area contributed by atoms with Crippen molar-refractivity contribution in [1.29, 1.82) is 0 Å². The van der Waals surface area contributed by atoms with Crippen molar-refractivity contribution in [3.05, 3.63) is 48.0 Å². The summed E-state index contributed by atoms with van der Waals surface area (Å²) in [7, 11) is -2.67. The summed E-state index contributed by atoms with van der Waals surface area (Å²) in [6, 6.07) is 10.9. The molecule has 1 fully saturated rings. The number of carboxylic acid groups (broad SMARTS) is 1. The summed E-state index contributed by atoms with van der Waals surface area (Å²) >= 11 is 0. The zero-order valence-electron chi connectivity index (χ0n) is 15.9. The van der Waals surface area contributed by atoms with Crippen LogP contribution in [0.15, 0.2) is 47.4 Å². The van der Waals surface area contributed by atoms with Gasteiger partial charge >= 0.3 is 5.97 Å². The SMILES string of the molecule is COc1ccc(C(=O)O)cc1S(=O)(=O)Nc1ccc(N2CCC(C)CC2)cc1. The van der Waals surface area contributed by atoms with E-state index in [1.165, 1.54) is 19.2 Å². The number of benzene rings is 2. The summed E-state index contributed by atoms with van der Waals surface area (Å²) in [4.78, 5) is 13.3. The third-order valence-electron chi connectivity index (χ3n) is 4.97. The van der Waals surface area contributed by atoms with Gasteiger partial charge in [0.2, 0.25) is 0 Å². The fourth-order valence-corrected chi connectivity index (χ4v) is 4.49. The molecule has 0 aliphatic carbocycles. The lowest BCUT2D eigenvalue weighted by Gasteiger charge is -2.32. The van der Waals surface area contributed by atoms with Gasteiger partial charge < -0.3 is 14.7 Å². The largest absolute Gasteiger partial charge is 0.495 e. The number of hydrogen-bond acceptors (Lipinski definition) is 5. The van der Waals surface area contributed by atoms with Gasteiger partial charge in [-0.25, -0.2) is 13.2 Å². The van der Waals surface area contributed by atoms with Gasteiger partial charge in [-0.05, 0) is 61.2 Å². The van der Waals surface area contributed by atoms with Crippen LogP contribution in [0.5, 0.6) is 5.75 Å². The number of sulfonamides is 1. The summed E-state index contributed by atoms with van der Waals surface area (Å²) in [6.07, 6.45) is 2.29. The van der Waals surface area contributed by atoms with Gasteiger partial charge in [-0.2, -0.15) is 0 Å². The normalized spacial score (nSPS) is 15.3. The van der Waals surface area contributed by atoms with Crippen molar-refractivity contribution in [2.45, 2.75) is 24.7 Å². The highest BCUT2D eigenvalue weighted by molar-refractivity contribution is 7.92. The predicted octanol–water partition coefficient (Wildman–Crippen LogP) is 3.43. The highest BCUT2D eigenvalue weighted by Crippen LogP contribution is 2.28. The maximum Gasteiger partial charge on any atom is 0.335 e. The van der Waals surface area contributed by atoms with Crippen molar-refractivity contribution >= 4 is 27.4 Å². The average molecular weight is 404 g/mol. The second-order valence-corrected chi connectivity index (χ2v) is 8.64. The van der Waals surface area contributed by atoms with Gasteiger partial charge in [-0.15, -0.1) is 0 Å². The molecule has 0 bridgehead atoms. The Morgan fingerprint density at radius 3 is 2.36 bits per heavy atom. The van der Waals surface area contributed by atoms with E-state index in [9.17, 15) is 13.2 Å². The molecule has 1 saturated heterocycles. The third kappa shape index (κ3) is 4.39. The number of carbonyl (C=O) groups is 1. The molecule has 1 aliphatic rings. The Morgan fingerprint density at radius 1 is 1.14 bits per heavy atom. The molecule has 0 amide bonds. The molecule has 2 aromatic carbocycles. The number of piperidine rings is 1. The first-order valence-corrected chi connectivity index (χ1v) is 10.6. The maximum atomic E-state index is 12.8. The minimum atomic E-state index is -4.01. The molecule has 0 unspecified atom stereocenters. The molecule has 0 atom stereocenters. The van der Waals surface area contributed by atoms with Crippen LogP contribution >= 0.6 is 0 Å². The van der Waals surface area contributed by atoms with Crippen molar-refractivity contribution in [1.82, 2.24) is 0 Å². The van der Waals surface area contributed by atoms with E-state index in [1.54, 1.807) is 12.1 Å². The van der Waals surface area contributed by atoms with Crippen LogP contribution in [0.1, 0.15) is 30.1 Å². The van der Waals surface area contributed by atoms with E-state index in [2.05, 4.69) is 16.5 Å². The Labute approximate surface area is 165 Å². The van der Waals surface area contributed by atoms with E-state index < -0.39 is 16.0 Å². The van der Waals surface area contributed by atoms with Crippen molar-refractivity contribution in [2.75, 3.05) is 29.8 Å². The Balaban J connectivity index is 1.81. The van der Waals surface area contributed by atoms with Crippen LogP contribution in [0.4, 0.5) is 11.4 Å². The second kappa shape index (κ2) is 8.10. The average Bonchev–Trinajstić information content (AvgIpc) is 2.68. The summed E-state index contributed by atoms with van der Waals surface area (Å²) < 4.78 is 33.2. The Kier molecular flexibility index (Phi) is 5.79. The van der Waals surface area contributed by atoms with E-state index in [-0.39, 0.29) is 16.2 Å². The van der Waals surface area contributed by atoms with Crippen LogP contribution in [0.3, 0.4) is 0 Å². The zero-order valence-corrected chi connectivity index (χ0v) is 16.7. The number of nitrogens with zero attached hydrogens (tertiary/aromatic N) is 1. The van der Waals surface area contributed by atoms with Crippen molar-refractivity contribution in [3.8, 4) is 5.75 Å². The molecule has 0 saturated carbocycles. The number of methoxy groups -OCH3 is 1. The molecule has 0 radical (unpaired) electrons. The van der Waals surface area contributed by atoms with Gasteiger partial charge in [0, 0.05) is 24.5 Å². The van der Waals surface area contributed by atoms with Gasteiger partial charge in [0.05, 0.1) is 12.7 Å². The molecule has 0 aromatic heterocycles. The number of carboxylic acids is 1. The van der Waals surface area contributed by atoms with Crippen LogP contribution in [-0.4, -0.2) is 39.7 Å². The Bertz CT molecular complexity index is 949. The topological polar surface area (TPSA) is 95.9 Å². The summed E-state index contributed by atoms with van der Waals surface area (Å²) in [6.45, 7) is 4.24. The predicted molar refractivity (Wildman–Crippen MR) is 108 cm³/mol. The van der Waals surface area contributed by atoms with Crippen LogP contribution < -0.4 is 14.4 Å². The number of rotatable bonds is 6. The van der Waals surface area contributed by atoms with E-state index in [0.717, 1.165) is 43.6 Å². The van der Waals surface area contributed by atoms with Crippen molar-refractivity contribution in [3.63, 3.8) is 0 Å². The van der Waals surface area contributed by atoms with Gasteiger partial charge in [-0.3, -0.25) is 4.72 Å². The summed E-state index contributed by atoms with van der Waals surface area (Å²) in [5.41, 5.74) is 1.33. The first kappa shape index (κ1) is 20.0. The molecule has 150 valence electrons. The molecule has 7 nitrogen and oxygen atoms in total. The van der Waals surface area contributed by atoms with E-state index in [1.807, 2.05) is 12.1 Å². The highest BCUT2D eigenvalue weighted by Gasteiger charge is 2.22.